The second-order valence-electron chi connectivity index (χ2n) is 6.03. The van der Waals surface area contributed by atoms with Crippen molar-refractivity contribution in [1.29, 1.82) is 0 Å². The van der Waals surface area contributed by atoms with E-state index in [9.17, 15) is 21.6 Å². The summed E-state index contributed by atoms with van der Waals surface area (Å²) >= 11 is 0. The molecule has 0 radical (unpaired) electrons. The van der Waals surface area contributed by atoms with Crippen LogP contribution in [-0.2, 0) is 27.3 Å². The molecule has 6 nitrogen and oxygen atoms in total. The fourth-order valence-corrected chi connectivity index (χ4v) is 2.57. The van der Waals surface area contributed by atoms with Crippen LogP contribution in [-0.4, -0.2) is 64.6 Å². The molecule has 0 atom stereocenters. The number of nitrogens with one attached hydrogen (secondary N) is 1. The van der Waals surface area contributed by atoms with Crippen molar-refractivity contribution in [3.8, 4) is 0 Å². The molecule has 0 heterocycles. The van der Waals surface area contributed by atoms with Crippen LogP contribution in [0.25, 0.3) is 0 Å². The third-order valence-electron chi connectivity index (χ3n) is 3.49. The maximum absolute atomic E-state index is 12.6. The second kappa shape index (κ2) is 12.5. The van der Waals surface area contributed by atoms with E-state index in [1.165, 1.54) is 12.1 Å². The monoisotopic (exact) mass is 537 g/mol. The van der Waals surface area contributed by atoms with Crippen LogP contribution in [0.4, 0.5) is 13.2 Å². The zero-order chi connectivity index (χ0) is 20.5. The molecule has 0 aromatic heterocycles. The quantitative estimate of drug-likeness (QED) is 0.227. The van der Waals surface area contributed by atoms with E-state index in [4.69, 9.17) is 4.74 Å². The molecule has 1 aromatic carbocycles. The summed E-state index contributed by atoms with van der Waals surface area (Å²) < 4.78 is 65.1. The van der Waals surface area contributed by atoms with E-state index in [0.717, 1.165) is 24.0 Å². The fourth-order valence-electron chi connectivity index (χ4n) is 2.15. The molecule has 0 saturated carbocycles. The van der Waals surface area contributed by atoms with Gasteiger partial charge in [-0.3, -0.25) is 4.99 Å². The van der Waals surface area contributed by atoms with E-state index in [0.29, 0.717) is 25.6 Å². The van der Waals surface area contributed by atoms with Gasteiger partial charge in [-0.2, -0.15) is 13.2 Å². The Kier molecular flexibility index (Phi) is 12.0. The molecule has 0 bridgehead atoms. The highest BCUT2D eigenvalue weighted by Gasteiger charge is 2.29. The maximum Gasteiger partial charge on any atom is 0.416 e. The Morgan fingerprint density at radius 1 is 1.21 bits per heavy atom. The lowest BCUT2D eigenvalue weighted by atomic mass is 10.1. The number of rotatable bonds is 9. The van der Waals surface area contributed by atoms with Gasteiger partial charge in [0.1, 0.15) is 9.84 Å². The van der Waals surface area contributed by atoms with Crippen LogP contribution in [0.3, 0.4) is 0 Å². The molecule has 0 aliphatic heterocycles. The molecule has 1 aromatic rings. The first-order chi connectivity index (χ1) is 12.5. The number of alkyl halides is 3. The van der Waals surface area contributed by atoms with Gasteiger partial charge in [0, 0.05) is 26.4 Å². The third kappa shape index (κ3) is 11.1. The van der Waals surface area contributed by atoms with Crippen LogP contribution in [0, 0.1) is 0 Å². The lowest BCUT2D eigenvalue weighted by Crippen LogP contribution is -2.38. The topological polar surface area (TPSA) is 71.0 Å². The number of benzene rings is 1. The van der Waals surface area contributed by atoms with Crippen molar-refractivity contribution in [3.05, 3.63) is 35.4 Å². The third-order valence-corrected chi connectivity index (χ3v) is 4.40. The SMILES string of the molecule is CCNC(=NCCOCCS(C)(=O)=O)N(C)Cc1ccc(C(F)(F)F)cc1.I. The number of sulfone groups is 1. The summed E-state index contributed by atoms with van der Waals surface area (Å²) in [5.74, 6) is 0.550. The van der Waals surface area contributed by atoms with Crippen molar-refractivity contribution < 1.29 is 26.3 Å². The van der Waals surface area contributed by atoms with Crippen LogP contribution in [0.2, 0.25) is 0 Å². The molecule has 0 amide bonds. The van der Waals surface area contributed by atoms with Crippen molar-refractivity contribution in [2.24, 2.45) is 4.99 Å². The summed E-state index contributed by atoms with van der Waals surface area (Å²) in [5.41, 5.74) is 0.0428. The first-order valence-corrected chi connectivity index (χ1v) is 10.5. The van der Waals surface area contributed by atoms with Crippen LogP contribution in [0.5, 0.6) is 0 Å². The summed E-state index contributed by atoms with van der Waals surface area (Å²) in [5, 5.41) is 3.10. The molecule has 162 valence electrons. The average molecular weight is 537 g/mol. The summed E-state index contributed by atoms with van der Waals surface area (Å²) in [6.07, 6.45) is -3.20. The van der Waals surface area contributed by atoms with Gasteiger partial charge in [-0.05, 0) is 24.6 Å². The van der Waals surface area contributed by atoms with E-state index >= 15 is 0 Å². The molecular formula is C17H27F3IN3O3S. The van der Waals surface area contributed by atoms with Gasteiger partial charge in [-0.1, -0.05) is 12.1 Å². The van der Waals surface area contributed by atoms with Crippen molar-refractivity contribution >= 4 is 39.8 Å². The smallest absolute Gasteiger partial charge is 0.378 e. The molecule has 11 heteroatoms. The highest BCUT2D eigenvalue weighted by Crippen LogP contribution is 2.29. The molecule has 0 spiro atoms. The van der Waals surface area contributed by atoms with Crippen LogP contribution in [0.15, 0.2) is 29.3 Å². The fraction of sp³-hybridized carbons (Fsp3) is 0.588. The van der Waals surface area contributed by atoms with Crippen LogP contribution < -0.4 is 5.32 Å². The second-order valence-corrected chi connectivity index (χ2v) is 8.29. The summed E-state index contributed by atoms with van der Waals surface area (Å²) in [6.45, 7) is 3.66. The number of nitrogens with zero attached hydrogens (tertiary/aromatic N) is 2. The number of hydrogen-bond acceptors (Lipinski definition) is 4. The van der Waals surface area contributed by atoms with E-state index in [2.05, 4.69) is 10.3 Å². The highest BCUT2D eigenvalue weighted by molar-refractivity contribution is 14.0. The van der Waals surface area contributed by atoms with Crippen molar-refractivity contribution in [2.75, 3.05) is 45.4 Å². The Balaban J connectivity index is 0.00000729. The van der Waals surface area contributed by atoms with E-state index in [1.54, 1.807) is 11.9 Å². The van der Waals surface area contributed by atoms with Crippen molar-refractivity contribution in [2.45, 2.75) is 19.6 Å². The van der Waals surface area contributed by atoms with E-state index in [1.807, 2.05) is 6.92 Å². The van der Waals surface area contributed by atoms with Crippen LogP contribution >= 0.6 is 24.0 Å². The standard InChI is InChI=1S/C17H26F3N3O3S.HI/c1-4-21-16(22-9-10-26-11-12-27(3,24)25)23(2)13-14-5-7-15(8-6-14)17(18,19)20;/h5-8H,4,9-13H2,1-3H3,(H,21,22);1H. The minimum Gasteiger partial charge on any atom is -0.378 e. The van der Waals surface area contributed by atoms with Gasteiger partial charge in [0.15, 0.2) is 5.96 Å². The first-order valence-electron chi connectivity index (χ1n) is 8.44. The normalized spacial score (nSPS) is 12.4. The number of ether oxygens (including phenoxy) is 1. The number of hydrogen-bond donors (Lipinski definition) is 1. The van der Waals surface area contributed by atoms with Crippen molar-refractivity contribution in [1.82, 2.24) is 10.2 Å². The predicted octanol–water partition coefficient (Wildman–Crippen LogP) is 2.78. The number of guanidine groups is 1. The maximum atomic E-state index is 12.6. The van der Waals surface area contributed by atoms with Gasteiger partial charge in [-0.25, -0.2) is 8.42 Å². The summed E-state index contributed by atoms with van der Waals surface area (Å²) in [4.78, 5) is 6.17. The van der Waals surface area contributed by atoms with E-state index in [-0.39, 0.29) is 42.9 Å². The lowest BCUT2D eigenvalue weighted by Gasteiger charge is -2.22. The highest BCUT2D eigenvalue weighted by atomic mass is 127. The van der Waals surface area contributed by atoms with Gasteiger partial charge in [-0.15, -0.1) is 24.0 Å². The molecular weight excluding hydrogens is 510 g/mol. The zero-order valence-electron chi connectivity index (χ0n) is 16.1. The number of halogens is 4. The molecule has 0 fully saturated rings. The summed E-state index contributed by atoms with van der Waals surface area (Å²) in [7, 11) is -1.27. The number of aliphatic imine (C=N–C) groups is 1. The molecule has 0 aliphatic rings. The Bertz CT molecular complexity index is 711. The van der Waals surface area contributed by atoms with Gasteiger partial charge < -0.3 is 15.0 Å². The van der Waals surface area contributed by atoms with E-state index < -0.39 is 21.6 Å². The minimum atomic E-state index is -4.35. The molecule has 0 aliphatic carbocycles. The van der Waals surface area contributed by atoms with Gasteiger partial charge in [0.2, 0.25) is 0 Å². The van der Waals surface area contributed by atoms with Crippen LogP contribution in [0.1, 0.15) is 18.1 Å². The van der Waals surface area contributed by atoms with Crippen molar-refractivity contribution in [3.63, 3.8) is 0 Å². The Morgan fingerprint density at radius 3 is 2.32 bits per heavy atom. The Hall–Kier alpha value is -1.08. The lowest BCUT2D eigenvalue weighted by molar-refractivity contribution is -0.137. The average Bonchev–Trinajstić information content (AvgIpc) is 2.55. The molecule has 1 N–H and O–H groups in total. The zero-order valence-corrected chi connectivity index (χ0v) is 19.3. The first kappa shape index (κ1) is 26.9. The molecule has 1 rings (SSSR count). The van der Waals surface area contributed by atoms with Gasteiger partial charge in [0.05, 0.1) is 31.1 Å². The Labute approximate surface area is 181 Å². The molecule has 28 heavy (non-hydrogen) atoms. The minimum absolute atomic E-state index is 0. The summed E-state index contributed by atoms with van der Waals surface area (Å²) in [6, 6.07) is 5.00. The molecule has 0 unspecified atom stereocenters. The largest absolute Gasteiger partial charge is 0.416 e. The molecule has 0 saturated heterocycles. The Morgan fingerprint density at radius 2 is 1.82 bits per heavy atom. The van der Waals surface area contributed by atoms with Gasteiger partial charge >= 0.3 is 6.18 Å². The predicted molar refractivity (Wildman–Crippen MR) is 115 cm³/mol. The van der Waals surface area contributed by atoms with Gasteiger partial charge in [0.25, 0.3) is 0 Å².